The summed E-state index contributed by atoms with van der Waals surface area (Å²) in [5, 5.41) is 3.77. The molecule has 0 spiro atoms. The van der Waals surface area contributed by atoms with E-state index in [9.17, 15) is 0 Å². The molecule has 4 nitrogen and oxygen atoms in total. The Hall–Kier alpha value is -4.35. The molecule has 2 unspecified atom stereocenters. The fourth-order valence-electron chi connectivity index (χ4n) is 9.83. The summed E-state index contributed by atoms with van der Waals surface area (Å²) in [6.07, 6.45) is 16.3. The molecule has 0 amide bonds. The molecule has 1 fully saturated rings. The normalized spacial score (nSPS) is 19.2. The number of fused-ring (bicyclic) bond motifs is 13. The Morgan fingerprint density at radius 3 is 2.44 bits per heavy atom. The molecular formula is C47H53N3OSi+2. The van der Waals surface area contributed by atoms with E-state index in [1.807, 2.05) is 0 Å². The van der Waals surface area contributed by atoms with Crippen molar-refractivity contribution in [2.75, 3.05) is 0 Å². The number of hydrogen-bond donors (Lipinski definition) is 0. The average molecular weight is 704 g/mol. The lowest BCUT2D eigenvalue weighted by Gasteiger charge is -2.32. The number of aromatic nitrogens is 3. The summed E-state index contributed by atoms with van der Waals surface area (Å²) in [5.41, 5.74) is 13.6. The van der Waals surface area contributed by atoms with Gasteiger partial charge in [0.15, 0.2) is 18.0 Å². The monoisotopic (exact) mass is 703 g/mol. The van der Waals surface area contributed by atoms with Crippen LogP contribution in [0.15, 0.2) is 96.3 Å². The Morgan fingerprint density at radius 2 is 1.65 bits per heavy atom. The maximum absolute atomic E-state index is 6.82. The van der Waals surface area contributed by atoms with Crippen LogP contribution in [0.25, 0.3) is 50.2 Å². The second kappa shape index (κ2) is 12.4. The molecule has 6 heterocycles. The van der Waals surface area contributed by atoms with Gasteiger partial charge in [-0.25, -0.2) is 0 Å². The van der Waals surface area contributed by atoms with Gasteiger partial charge in [0, 0.05) is 45.9 Å². The minimum atomic E-state index is -1.72. The van der Waals surface area contributed by atoms with E-state index < -0.39 is 8.07 Å². The molecule has 1 aliphatic carbocycles. The molecule has 0 bridgehead atoms. The summed E-state index contributed by atoms with van der Waals surface area (Å²) in [4.78, 5) is 5.30. The minimum absolute atomic E-state index is 0.0495. The van der Waals surface area contributed by atoms with Gasteiger partial charge in [-0.15, -0.1) is 0 Å². The number of allylic oxidation sites excluding steroid dienone is 1. The molecule has 0 saturated heterocycles. The Morgan fingerprint density at radius 1 is 0.885 bits per heavy atom. The van der Waals surface area contributed by atoms with Crippen molar-refractivity contribution in [3.8, 4) is 22.5 Å². The molecule has 2 atom stereocenters. The lowest BCUT2D eigenvalue weighted by atomic mass is 9.78. The third-order valence-corrected chi connectivity index (χ3v) is 14.3. The predicted octanol–water partition coefficient (Wildman–Crippen LogP) is 10.8. The molecule has 9 rings (SSSR count). The van der Waals surface area contributed by atoms with Gasteiger partial charge in [0.05, 0.1) is 19.7 Å². The second-order valence-electron chi connectivity index (χ2n) is 18.1. The van der Waals surface area contributed by atoms with E-state index in [4.69, 9.17) is 16.0 Å². The van der Waals surface area contributed by atoms with E-state index in [1.165, 1.54) is 60.1 Å². The smallest absolute Gasteiger partial charge is 0.249 e. The van der Waals surface area contributed by atoms with Crippen molar-refractivity contribution < 1.29 is 13.6 Å². The molecule has 2 aliphatic heterocycles. The van der Waals surface area contributed by atoms with Gasteiger partial charge in [-0.05, 0) is 78.8 Å². The number of hydrogen-bond acceptors (Lipinski definition) is 2. The van der Waals surface area contributed by atoms with Crippen LogP contribution in [0.2, 0.25) is 19.6 Å². The first-order valence-corrected chi connectivity index (χ1v) is 23.2. The Labute approximate surface area is 310 Å². The number of rotatable bonds is 3. The van der Waals surface area contributed by atoms with Gasteiger partial charge >= 0.3 is 0 Å². The summed E-state index contributed by atoms with van der Waals surface area (Å²) < 4.78 is 11.9. The van der Waals surface area contributed by atoms with Crippen molar-refractivity contribution >= 4 is 40.9 Å². The van der Waals surface area contributed by atoms with Crippen LogP contribution < -0.4 is 14.3 Å². The fraction of sp³-hybridized carbons (Fsp3) is 0.383. The number of para-hydroxylation sites is 1. The van der Waals surface area contributed by atoms with Gasteiger partial charge in [-0.1, -0.05) is 96.1 Å². The van der Waals surface area contributed by atoms with Crippen LogP contribution in [0.3, 0.4) is 0 Å². The summed E-state index contributed by atoms with van der Waals surface area (Å²) in [6, 6.07) is 25.1. The molecule has 5 heteroatoms. The zero-order valence-electron chi connectivity index (χ0n) is 31.9. The van der Waals surface area contributed by atoms with Crippen molar-refractivity contribution in [1.29, 1.82) is 0 Å². The zero-order chi connectivity index (χ0) is 35.9. The number of benzene rings is 2. The summed E-state index contributed by atoms with van der Waals surface area (Å²) in [5.74, 6) is 0.818. The van der Waals surface area contributed by atoms with Crippen LogP contribution >= 0.6 is 0 Å². The Kier molecular flexibility index (Phi) is 7.96. The highest BCUT2D eigenvalue weighted by Gasteiger charge is 2.48. The van der Waals surface area contributed by atoms with Crippen molar-refractivity contribution in [3.05, 3.63) is 114 Å². The zero-order valence-corrected chi connectivity index (χ0v) is 32.9. The van der Waals surface area contributed by atoms with Gasteiger partial charge in [-0.3, -0.25) is 4.98 Å². The molecule has 3 aliphatic rings. The Balaban J connectivity index is 1.32. The van der Waals surface area contributed by atoms with Crippen molar-refractivity contribution in [1.82, 2.24) is 4.98 Å². The number of nitrogens with zero attached hydrogens (tertiary/aromatic N) is 3. The van der Waals surface area contributed by atoms with E-state index in [0.717, 1.165) is 63.8 Å². The molecule has 4 aromatic heterocycles. The van der Waals surface area contributed by atoms with Crippen LogP contribution in [-0.2, 0) is 12.8 Å². The maximum Gasteiger partial charge on any atom is 0.249 e. The molecule has 0 radical (unpaired) electrons. The van der Waals surface area contributed by atoms with Crippen LogP contribution in [0.1, 0.15) is 99.6 Å². The molecule has 0 N–H and O–H groups in total. The largest absolute Gasteiger partial charge is 0.455 e. The van der Waals surface area contributed by atoms with Crippen molar-refractivity contribution in [2.24, 2.45) is 5.41 Å². The third kappa shape index (κ3) is 5.58. The van der Waals surface area contributed by atoms with E-state index in [1.54, 1.807) is 5.19 Å². The van der Waals surface area contributed by atoms with Crippen molar-refractivity contribution in [2.45, 2.75) is 110 Å². The highest BCUT2D eigenvalue weighted by Crippen LogP contribution is 2.47. The third-order valence-electron chi connectivity index (χ3n) is 12.2. The van der Waals surface area contributed by atoms with Gasteiger partial charge in [0.2, 0.25) is 23.1 Å². The number of pyridine rings is 3. The quantitative estimate of drug-likeness (QED) is 0.136. The Bertz CT molecular complexity index is 2380. The minimum Gasteiger partial charge on any atom is -0.455 e. The first-order valence-electron chi connectivity index (χ1n) is 19.7. The average Bonchev–Trinajstić information content (AvgIpc) is 3.52. The fourth-order valence-corrected chi connectivity index (χ4v) is 11.5. The second-order valence-corrected chi connectivity index (χ2v) is 23.2. The van der Waals surface area contributed by atoms with Gasteiger partial charge in [0.1, 0.15) is 11.1 Å². The van der Waals surface area contributed by atoms with Gasteiger partial charge in [-0.2, -0.15) is 9.13 Å². The van der Waals surface area contributed by atoms with E-state index in [2.05, 4.69) is 135 Å². The molecule has 2 aromatic carbocycles. The first-order chi connectivity index (χ1) is 25.0. The topological polar surface area (TPSA) is 33.8 Å². The predicted molar refractivity (Wildman–Crippen MR) is 217 cm³/mol. The first kappa shape index (κ1) is 33.5. The SMILES string of the molecule is C=C1C2C(CCc3ncc4c(oc5ccccc54)c3-c3cc(C4CCCCC4)cc[n+]31)c1ccccc1-c1cc(CC(C)(C)C)c([Si](C)(C)C)c[n+]12. The van der Waals surface area contributed by atoms with Crippen LogP contribution in [0.5, 0.6) is 0 Å². The standard InChI is InChI=1S/C47H53N3OSi/c1-30-45-37(34-17-11-12-18-35(34)40-26-33(27-47(2,3)4)43(29-50(40)45)52(5,6)7)21-22-39-44(46-38(28-48-39)36-19-13-14-20-42(36)51-46)41-25-32(23-24-49(30)41)31-15-9-8-10-16-31/h11-14,17-20,23-26,28-29,31,37,45H,1,8-10,15-16,21-22,27H2,2-7H3/q+2. The summed E-state index contributed by atoms with van der Waals surface area (Å²) in [6.45, 7) is 19.7. The van der Waals surface area contributed by atoms with E-state index in [0.29, 0.717) is 5.92 Å². The van der Waals surface area contributed by atoms with Gasteiger partial charge in [0.25, 0.3) is 0 Å². The van der Waals surface area contributed by atoms with Gasteiger partial charge < -0.3 is 4.42 Å². The number of furan rings is 1. The number of aryl methyl sites for hydroxylation is 1. The summed E-state index contributed by atoms with van der Waals surface area (Å²) in [7, 11) is -1.72. The molecule has 264 valence electrons. The lowest BCUT2D eigenvalue weighted by molar-refractivity contribution is -0.726. The highest BCUT2D eigenvalue weighted by molar-refractivity contribution is 6.89. The van der Waals surface area contributed by atoms with Crippen molar-refractivity contribution in [3.63, 3.8) is 0 Å². The van der Waals surface area contributed by atoms with Crippen LogP contribution in [0, 0.1) is 5.41 Å². The molecular weight excluding hydrogens is 651 g/mol. The van der Waals surface area contributed by atoms with E-state index in [-0.39, 0.29) is 17.4 Å². The van der Waals surface area contributed by atoms with Crippen LogP contribution in [0.4, 0.5) is 0 Å². The molecule has 52 heavy (non-hydrogen) atoms. The van der Waals surface area contributed by atoms with E-state index >= 15 is 0 Å². The maximum atomic E-state index is 6.82. The van der Waals surface area contributed by atoms with Crippen LogP contribution in [-0.4, -0.2) is 13.1 Å². The summed E-state index contributed by atoms with van der Waals surface area (Å²) >= 11 is 0. The molecule has 6 aromatic rings. The highest BCUT2D eigenvalue weighted by atomic mass is 28.3. The molecule has 1 saturated carbocycles. The lowest BCUT2D eigenvalue weighted by Crippen LogP contribution is -2.57.